The van der Waals surface area contributed by atoms with Gasteiger partial charge in [0.15, 0.2) is 6.61 Å². The fourth-order valence-electron chi connectivity index (χ4n) is 1.80. The van der Waals surface area contributed by atoms with E-state index in [1.165, 1.54) is 7.11 Å². The predicted octanol–water partition coefficient (Wildman–Crippen LogP) is 0.0526. The molecule has 0 aliphatic carbocycles. The van der Waals surface area contributed by atoms with Gasteiger partial charge in [0, 0.05) is 13.7 Å². The molecule has 1 heterocycles. The summed E-state index contributed by atoms with van der Waals surface area (Å²) in [6.07, 6.45) is 0.173. The van der Waals surface area contributed by atoms with E-state index in [4.69, 9.17) is 19.7 Å². The molecule has 2 rings (SSSR count). The molecule has 0 bridgehead atoms. The van der Waals surface area contributed by atoms with Crippen LogP contribution in [0.25, 0.3) is 0 Å². The van der Waals surface area contributed by atoms with E-state index in [1.807, 2.05) is 0 Å². The second-order valence-electron chi connectivity index (χ2n) is 4.84. The van der Waals surface area contributed by atoms with Gasteiger partial charge in [0.1, 0.15) is 5.75 Å². The van der Waals surface area contributed by atoms with Gasteiger partial charge in [-0.25, -0.2) is 0 Å². The van der Waals surface area contributed by atoms with Crippen molar-refractivity contribution in [3.63, 3.8) is 0 Å². The second kappa shape index (κ2) is 8.63. The van der Waals surface area contributed by atoms with Gasteiger partial charge >= 0.3 is 11.8 Å². The maximum absolute atomic E-state index is 11.7. The predicted molar refractivity (Wildman–Crippen MR) is 82.2 cm³/mol. The van der Waals surface area contributed by atoms with Crippen molar-refractivity contribution in [3.8, 4) is 5.75 Å². The highest BCUT2D eigenvalue weighted by Gasteiger charge is 2.14. The van der Waals surface area contributed by atoms with Crippen molar-refractivity contribution >= 4 is 11.8 Å². The van der Waals surface area contributed by atoms with Crippen LogP contribution in [0.1, 0.15) is 22.1 Å². The second-order valence-corrected chi connectivity index (χ2v) is 4.84. The molecule has 1 aromatic carbocycles. The fourth-order valence-corrected chi connectivity index (χ4v) is 1.80. The topological polar surface area (TPSA) is 130 Å². The first-order chi connectivity index (χ1) is 11.6. The lowest BCUT2D eigenvalue weighted by atomic mass is 10.1. The molecule has 24 heavy (non-hydrogen) atoms. The molecule has 0 fully saturated rings. The van der Waals surface area contributed by atoms with Crippen molar-refractivity contribution in [1.29, 1.82) is 0 Å². The van der Waals surface area contributed by atoms with Gasteiger partial charge in [0.25, 0.3) is 0 Å². The number of primary amides is 1. The third kappa shape index (κ3) is 5.36. The van der Waals surface area contributed by atoms with Crippen LogP contribution in [0.3, 0.4) is 0 Å². The molecule has 2 amide bonds. The van der Waals surface area contributed by atoms with Gasteiger partial charge in [-0.1, -0.05) is 17.3 Å². The lowest BCUT2D eigenvalue weighted by molar-refractivity contribution is -0.117. The molecule has 2 aromatic rings. The van der Waals surface area contributed by atoms with Crippen molar-refractivity contribution < 1.29 is 23.6 Å². The zero-order valence-electron chi connectivity index (χ0n) is 13.2. The minimum Gasteiger partial charge on any atom is -0.485 e. The summed E-state index contributed by atoms with van der Waals surface area (Å²) >= 11 is 0. The molecule has 0 aliphatic rings. The van der Waals surface area contributed by atoms with Crippen molar-refractivity contribution in [2.24, 2.45) is 5.73 Å². The Kier molecular flexibility index (Phi) is 6.26. The van der Waals surface area contributed by atoms with Crippen LogP contribution >= 0.6 is 0 Å². The Morgan fingerprint density at radius 1 is 1.29 bits per heavy atom. The lowest BCUT2D eigenvalue weighted by Crippen LogP contribution is -2.27. The molecule has 0 spiro atoms. The number of nitrogens with one attached hydrogen (secondary N) is 1. The van der Waals surface area contributed by atoms with Crippen molar-refractivity contribution in [2.75, 3.05) is 20.3 Å². The zero-order chi connectivity index (χ0) is 17.4. The molecule has 1 aromatic heterocycles. The molecular formula is C15H18N4O5. The van der Waals surface area contributed by atoms with Crippen molar-refractivity contribution in [1.82, 2.24) is 15.5 Å². The maximum atomic E-state index is 11.7. The third-order valence-corrected chi connectivity index (χ3v) is 2.92. The van der Waals surface area contributed by atoms with Crippen LogP contribution in [0.5, 0.6) is 5.75 Å². The standard InChI is InChI=1S/C15H18N4O5/c1-22-7-6-17-14(21)15-18-13(19-24-15)9-23-11-4-2-10(3-5-11)8-12(16)20/h2-5H,6-9H2,1H3,(H2,16,20)(H,17,21). The highest BCUT2D eigenvalue weighted by Crippen LogP contribution is 2.14. The summed E-state index contributed by atoms with van der Waals surface area (Å²) in [7, 11) is 1.54. The van der Waals surface area contributed by atoms with Gasteiger partial charge in [-0.15, -0.1) is 0 Å². The number of nitrogens with two attached hydrogens (primary N) is 1. The first-order valence-electron chi connectivity index (χ1n) is 7.18. The minimum absolute atomic E-state index is 0.0457. The Bertz CT molecular complexity index is 683. The van der Waals surface area contributed by atoms with E-state index in [9.17, 15) is 9.59 Å². The molecule has 0 aliphatic heterocycles. The monoisotopic (exact) mass is 334 g/mol. The molecule has 3 N–H and O–H groups in total. The quantitative estimate of drug-likeness (QED) is 0.620. The molecule has 0 atom stereocenters. The number of ether oxygens (including phenoxy) is 2. The van der Waals surface area contributed by atoms with Crippen LogP contribution in [-0.2, 0) is 22.6 Å². The van der Waals surface area contributed by atoms with Crippen LogP contribution in [0.2, 0.25) is 0 Å². The molecule has 0 saturated heterocycles. The summed E-state index contributed by atoms with van der Waals surface area (Å²) in [5.74, 6) is -0.192. The first kappa shape index (κ1) is 17.4. The van der Waals surface area contributed by atoms with Gasteiger partial charge < -0.3 is 25.0 Å². The molecule has 0 unspecified atom stereocenters. The summed E-state index contributed by atoms with van der Waals surface area (Å²) < 4.78 is 15.2. The number of rotatable bonds is 9. The summed E-state index contributed by atoms with van der Waals surface area (Å²) in [4.78, 5) is 26.5. The Morgan fingerprint density at radius 3 is 2.71 bits per heavy atom. The maximum Gasteiger partial charge on any atom is 0.316 e. The number of aromatic nitrogens is 2. The Hall–Kier alpha value is -2.94. The van der Waals surface area contributed by atoms with E-state index >= 15 is 0 Å². The normalized spacial score (nSPS) is 10.4. The number of carbonyl (C=O) groups excluding carboxylic acids is 2. The Balaban J connectivity index is 1.84. The van der Waals surface area contributed by atoms with E-state index in [0.717, 1.165) is 5.56 Å². The molecule has 9 heteroatoms. The first-order valence-corrected chi connectivity index (χ1v) is 7.18. The number of hydrogen-bond acceptors (Lipinski definition) is 7. The van der Waals surface area contributed by atoms with Crippen molar-refractivity contribution in [2.45, 2.75) is 13.0 Å². The van der Waals surface area contributed by atoms with Crippen LogP contribution in [0, 0.1) is 0 Å². The minimum atomic E-state index is -0.471. The Morgan fingerprint density at radius 2 is 2.04 bits per heavy atom. The van der Waals surface area contributed by atoms with Gasteiger partial charge in [-0.2, -0.15) is 4.98 Å². The molecule has 128 valence electrons. The van der Waals surface area contributed by atoms with E-state index in [-0.39, 0.29) is 24.7 Å². The SMILES string of the molecule is COCCNC(=O)c1nc(COc2ccc(CC(N)=O)cc2)no1. The van der Waals surface area contributed by atoms with Crippen LogP contribution in [0.4, 0.5) is 0 Å². The van der Waals surface area contributed by atoms with Crippen LogP contribution < -0.4 is 15.8 Å². The van der Waals surface area contributed by atoms with Crippen molar-refractivity contribution in [3.05, 3.63) is 41.5 Å². The lowest BCUT2D eigenvalue weighted by Gasteiger charge is -2.04. The smallest absolute Gasteiger partial charge is 0.316 e. The third-order valence-electron chi connectivity index (χ3n) is 2.92. The number of benzene rings is 1. The van der Waals surface area contributed by atoms with Crippen LogP contribution in [0.15, 0.2) is 28.8 Å². The average Bonchev–Trinajstić information content (AvgIpc) is 3.03. The summed E-state index contributed by atoms with van der Waals surface area (Å²) in [5, 5.41) is 6.24. The number of carbonyl (C=O) groups is 2. The van der Waals surface area contributed by atoms with Gasteiger partial charge in [0.05, 0.1) is 13.0 Å². The van der Waals surface area contributed by atoms with Gasteiger partial charge in [0.2, 0.25) is 11.7 Å². The largest absolute Gasteiger partial charge is 0.485 e. The van der Waals surface area contributed by atoms with Crippen LogP contribution in [-0.4, -0.2) is 42.2 Å². The van der Waals surface area contributed by atoms with E-state index in [1.54, 1.807) is 24.3 Å². The fraction of sp³-hybridized carbons (Fsp3) is 0.333. The van der Waals surface area contributed by atoms with E-state index in [2.05, 4.69) is 15.5 Å². The highest BCUT2D eigenvalue weighted by molar-refractivity contribution is 5.89. The van der Waals surface area contributed by atoms with Gasteiger partial charge in [-0.3, -0.25) is 9.59 Å². The molecule has 0 radical (unpaired) electrons. The average molecular weight is 334 g/mol. The molecular weight excluding hydrogens is 316 g/mol. The van der Waals surface area contributed by atoms with E-state index in [0.29, 0.717) is 18.9 Å². The summed E-state index contributed by atoms with van der Waals surface area (Å²) in [6, 6.07) is 6.89. The molecule has 0 saturated carbocycles. The number of methoxy groups -OCH3 is 1. The Labute approximate surface area is 138 Å². The number of hydrogen-bond donors (Lipinski definition) is 2. The number of amides is 2. The molecule has 9 nitrogen and oxygen atoms in total. The number of nitrogens with zero attached hydrogens (tertiary/aromatic N) is 2. The zero-order valence-corrected chi connectivity index (χ0v) is 13.2. The van der Waals surface area contributed by atoms with Gasteiger partial charge in [-0.05, 0) is 17.7 Å². The van der Waals surface area contributed by atoms with E-state index < -0.39 is 11.8 Å². The highest BCUT2D eigenvalue weighted by atomic mass is 16.5. The summed E-state index contributed by atoms with van der Waals surface area (Å²) in [5.41, 5.74) is 5.92. The summed E-state index contributed by atoms with van der Waals surface area (Å²) in [6.45, 7) is 0.785.